The van der Waals surface area contributed by atoms with Crippen molar-refractivity contribution in [1.82, 2.24) is 4.90 Å². The van der Waals surface area contributed by atoms with Crippen LogP contribution >= 0.6 is 0 Å². The average Bonchev–Trinajstić information content (AvgIpc) is 2.85. The van der Waals surface area contributed by atoms with Gasteiger partial charge in [0.1, 0.15) is 0 Å². The Hall–Kier alpha value is -1.35. The molecule has 1 aromatic rings. The minimum Gasteiger partial charge on any atom is -0.480 e. The Morgan fingerprint density at radius 2 is 1.84 bits per heavy atom. The van der Waals surface area contributed by atoms with Crippen LogP contribution in [-0.4, -0.2) is 28.6 Å². The van der Waals surface area contributed by atoms with E-state index in [0.717, 1.165) is 19.4 Å². The van der Waals surface area contributed by atoms with Gasteiger partial charge in [0.2, 0.25) is 0 Å². The zero-order valence-electron chi connectivity index (χ0n) is 11.9. The average molecular weight is 261 g/mol. The van der Waals surface area contributed by atoms with Crippen molar-refractivity contribution < 1.29 is 9.90 Å². The molecule has 104 valence electrons. The molecule has 0 atom stereocenters. The first-order chi connectivity index (χ1) is 9.08. The lowest BCUT2D eigenvalue weighted by Gasteiger charge is -2.28. The Labute approximate surface area is 115 Å². The van der Waals surface area contributed by atoms with Gasteiger partial charge in [0.25, 0.3) is 0 Å². The number of carboxylic acid groups (broad SMARTS) is 1. The molecule has 19 heavy (non-hydrogen) atoms. The highest BCUT2D eigenvalue weighted by molar-refractivity contribution is 5.69. The van der Waals surface area contributed by atoms with Gasteiger partial charge in [-0.3, -0.25) is 9.69 Å². The minimum absolute atomic E-state index is 0.151. The molecule has 0 radical (unpaired) electrons. The first kappa shape index (κ1) is 14.1. The molecule has 1 fully saturated rings. The van der Waals surface area contributed by atoms with E-state index in [1.807, 2.05) is 0 Å². The molecule has 0 aromatic heterocycles. The van der Waals surface area contributed by atoms with Crippen molar-refractivity contribution in [1.29, 1.82) is 0 Å². The molecule has 1 saturated carbocycles. The molecule has 0 aliphatic heterocycles. The van der Waals surface area contributed by atoms with E-state index >= 15 is 0 Å². The Balaban J connectivity index is 2.17. The molecule has 1 aromatic carbocycles. The molecular weight excluding hydrogens is 238 g/mol. The van der Waals surface area contributed by atoms with E-state index in [4.69, 9.17) is 5.11 Å². The molecule has 1 N–H and O–H groups in total. The van der Waals surface area contributed by atoms with Crippen LogP contribution in [0.5, 0.6) is 0 Å². The molecule has 0 amide bonds. The normalized spacial score (nSPS) is 16.2. The number of rotatable bonds is 5. The number of carboxylic acids is 1. The van der Waals surface area contributed by atoms with E-state index in [9.17, 15) is 4.79 Å². The maximum atomic E-state index is 11.1. The van der Waals surface area contributed by atoms with Gasteiger partial charge in [0.15, 0.2) is 0 Å². The van der Waals surface area contributed by atoms with Crippen LogP contribution < -0.4 is 0 Å². The molecule has 1 aliphatic rings. The fourth-order valence-corrected chi connectivity index (χ4v) is 3.06. The van der Waals surface area contributed by atoms with Gasteiger partial charge in [-0.25, -0.2) is 0 Å². The third kappa shape index (κ3) is 3.57. The molecule has 0 spiro atoms. The second-order valence-corrected chi connectivity index (χ2v) is 5.61. The largest absolute Gasteiger partial charge is 0.480 e. The summed E-state index contributed by atoms with van der Waals surface area (Å²) >= 11 is 0. The summed E-state index contributed by atoms with van der Waals surface area (Å²) in [6, 6.07) is 6.71. The maximum absolute atomic E-state index is 11.1. The molecule has 3 nitrogen and oxygen atoms in total. The van der Waals surface area contributed by atoms with Gasteiger partial charge < -0.3 is 5.11 Å². The molecule has 2 rings (SSSR count). The summed E-state index contributed by atoms with van der Waals surface area (Å²) in [7, 11) is 0. The third-order valence-electron chi connectivity index (χ3n) is 4.19. The predicted molar refractivity (Wildman–Crippen MR) is 76.2 cm³/mol. The minimum atomic E-state index is -0.724. The molecule has 0 bridgehead atoms. The van der Waals surface area contributed by atoms with Crippen molar-refractivity contribution in [3.63, 3.8) is 0 Å². The monoisotopic (exact) mass is 261 g/mol. The fourth-order valence-electron chi connectivity index (χ4n) is 3.06. The zero-order valence-corrected chi connectivity index (χ0v) is 11.9. The van der Waals surface area contributed by atoms with Crippen LogP contribution in [-0.2, 0) is 11.3 Å². The van der Waals surface area contributed by atoms with Crippen molar-refractivity contribution in [2.75, 3.05) is 6.54 Å². The summed E-state index contributed by atoms with van der Waals surface area (Å²) in [6.07, 6.45) is 4.73. The lowest BCUT2D eigenvalue weighted by Crippen LogP contribution is -2.37. The summed E-state index contributed by atoms with van der Waals surface area (Å²) in [6.45, 7) is 5.12. The Morgan fingerprint density at radius 1 is 1.26 bits per heavy atom. The van der Waals surface area contributed by atoms with Gasteiger partial charge in [-0.1, -0.05) is 31.0 Å². The fraction of sp³-hybridized carbons (Fsp3) is 0.562. The van der Waals surface area contributed by atoms with E-state index in [0.29, 0.717) is 6.04 Å². The first-order valence-corrected chi connectivity index (χ1v) is 7.09. The highest BCUT2D eigenvalue weighted by Crippen LogP contribution is 2.26. The maximum Gasteiger partial charge on any atom is 0.317 e. The molecule has 1 aliphatic carbocycles. The number of benzene rings is 1. The van der Waals surface area contributed by atoms with Crippen molar-refractivity contribution in [3.8, 4) is 0 Å². The van der Waals surface area contributed by atoms with Gasteiger partial charge in [-0.05, 0) is 43.4 Å². The van der Waals surface area contributed by atoms with Crippen LogP contribution in [0.25, 0.3) is 0 Å². The summed E-state index contributed by atoms with van der Waals surface area (Å²) in [4.78, 5) is 13.2. The van der Waals surface area contributed by atoms with Crippen LogP contribution in [0.3, 0.4) is 0 Å². The van der Waals surface area contributed by atoms with Gasteiger partial charge in [0.05, 0.1) is 6.54 Å². The van der Waals surface area contributed by atoms with Crippen LogP contribution in [0.15, 0.2) is 18.2 Å². The summed E-state index contributed by atoms with van der Waals surface area (Å²) < 4.78 is 0. The lowest BCUT2D eigenvalue weighted by atomic mass is 10.0. The van der Waals surface area contributed by atoms with Crippen LogP contribution in [0.2, 0.25) is 0 Å². The van der Waals surface area contributed by atoms with E-state index in [-0.39, 0.29) is 6.54 Å². The van der Waals surface area contributed by atoms with E-state index < -0.39 is 5.97 Å². The van der Waals surface area contributed by atoms with E-state index in [1.54, 1.807) is 0 Å². The quantitative estimate of drug-likeness (QED) is 0.885. The zero-order chi connectivity index (χ0) is 13.8. The summed E-state index contributed by atoms with van der Waals surface area (Å²) in [5.41, 5.74) is 3.80. The first-order valence-electron chi connectivity index (χ1n) is 7.09. The molecule has 3 heteroatoms. The van der Waals surface area contributed by atoms with E-state index in [1.165, 1.54) is 29.5 Å². The SMILES string of the molecule is Cc1cccc(C)c1CN(CC(=O)O)C1CCCC1. The summed E-state index contributed by atoms with van der Waals surface area (Å²) in [5.74, 6) is -0.724. The standard InChI is InChI=1S/C16H23NO2/c1-12-6-5-7-13(2)15(12)10-17(11-16(18)19)14-8-3-4-9-14/h5-7,14H,3-4,8-11H2,1-2H3,(H,18,19). The van der Waals surface area contributed by atoms with Gasteiger partial charge in [-0.2, -0.15) is 0 Å². The highest BCUT2D eigenvalue weighted by Gasteiger charge is 2.25. The molecule has 0 saturated heterocycles. The molecule has 0 heterocycles. The Kier molecular flexibility index (Phi) is 4.59. The molecule has 0 unspecified atom stereocenters. The van der Waals surface area contributed by atoms with Crippen molar-refractivity contribution in [3.05, 3.63) is 34.9 Å². The Morgan fingerprint density at radius 3 is 2.37 bits per heavy atom. The molecular formula is C16H23NO2. The smallest absolute Gasteiger partial charge is 0.317 e. The number of hydrogen-bond donors (Lipinski definition) is 1. The number of aliphatic carboxylic acids is 1. The number of nitrogens with zero attached hydrogens (tertiary/aromatic N) is 1. The third-order valence-corrected chi connectivity index (χ3v) is 4.19. The Bertz CT molecular complexity index is 430. The van der Waals surface area contributed by atoms with Gasteiger partial charge in [0, 0.05) is 12.6 Å². The second-order valence-electron chi connectivity index (χ2n) is 5.61. The van der Waals surface area contributed by atoms with Crippen molar-refractivity contribution in [2.45, 2.75) is 52.1 Å². The lowest BCUT2D eigenvalue weighted by molar-refractivity contribution is -0.139. The summed E-state index contributed by atoms with van der Waals surface area (Å²) in [5, 5.41) is 9.12. The van der Waals surface area contributed by atoms with Crippen molar-refractivity contribution >= 4 is 5.97 Å². The highest BCUT2D eigenvalue weighted by atomic mass is 16.4. The number of hydrogen-bond acceptors (Lipinski definition) is 2. The van der Waals surface area contributed by atoms with Crippen molar-refractivity contribution in [2.24, 2.45) is 0 Å². The van der Waals surface area contributed by atoms with E-state index in [2.05, 4.69) is 36.9 Å². The van der Waals surface area contributed by atoms with Crippen LogP contribution in [0, 0.1) is 13.8 Å². The second kappa shape index (κ2) is 6.20. The number of aryl methyl sites for hydroxylation is 2. The predicted octanol–water partition coefficient (Wildman–Crippen LogP) is 3.13. The topological polar surface area (TPSA) is 40.5 Å². The van der Waals surface area contributed by atoms with Gasteiger partial charge in [-0.15, -0.1) is 0 Å². The van der Waals surface area contributed by atoms with Crippen LogP contribution in [0.1, 0.15) is 42.4 Å². The van der Waals surface area contributed by atoms with Gasteiger partial charge >= 0.3 is 5.97 Å². The van der Waals surface area contributed by atoms with Crippen LogP contribution in [0.4, 0.5) is 0 Å². The number of carbonyl (C=O) groups is 1.